The van der Waals surface area contributed by atoms with Crippen molar-refractivity contribution in [3.05, 3.63) is 35.1 Å². The lowest BCUT2D eigenvalue weighted by Crippen LogP contribution is -2.22. The van der Waals surface area contributed by atoms with Gasteiger partial charge in [0.2, 0.25) is 5.91 Å². The Morgan fingerprint density at radius 2 is 2.36 bits per heavy atom. The maximum absolute atomic E-state index is 12.2. The van der Waals surface area contributed by atoms with Crippen molar-refractivity contribution in [3.63, 3.8) is 0 Å². The predicted octanol–water partition coefficient (Wildman–Crippen LogP) is 2.94. The summed E-state index contributed by atoms with van der Waals surface area (Å²) < 4.78 is 1.87. The minimum absolute atomic E-state index is 0.170. The van der Waals surface area contributed by atoms with E-state index < -0.39 is 0 Å². The van der Waals surface area contributed by atoms with E-state index in [0.717, 1.165) is 6.54 Å². The Labute approximate surface area is 137 Å². The normalized spacial score (nSPS) is 11.7. The lowest BCUT2D eigenvalue weighted by Gasteiger charge is -2.12. The van der Waals surface area contributed by atoms with Crippen molar-refractivity contribution in [2.45, 2.75) is 30.8 Å². The molecular weight excluding hydrogens is 322 g/mol. The molecule has 22 heavy (non-hydrogen) atoms. The Kier molecular flexibility index (Phi) is 5.41. The van der Waals surface area contributed by atoms with Crippen molar-refractivity contribution in [1.82, 2.24) is 14.8 Å². The smallest absolute Gasteiger partial charge is 0.237 e. The van der Waals surface area contributed by atoms with Crippen LogP contribution in [0.1, 0.15) is 19.4 Å². The van der Waals surface area contributed by atoms with Crippen LogP contribution in [0.5, 0.6) is 0 Å². The van der Waals surface area contributed by atoms with Gasteiger partial charge in [0, 0.05) is 12.2 Å². The molecule has 1 atom stereocenters. The number of carbonyl (C=O) groups excluding carboxylic acids is 1. The highest BCUT2D eigenvalue weighted by Crippen LogP contribution is 2.24. The number of nitrogens with one attached hydrogen (secondary N) is 1. The molecule has 114 valence electrons. The molecule has 8 heteroatoms. The minimum Gasteiger partial charge on any atom is -0.325 e. The number of carbonyl (C=O) groups is 1. The number of hydrogen-bond donors (Lipinski definition) is 1. The van der Waals surface area contributed by atoms with E-state index in [4.69, 9.17) is 16.9 Å². The number of rotatable bonds is 5. The molecule has 0 aliphatic rings. The van der Waals surface area contributed by atoms with E-state index in [9.17, 15) is 4.79 Å². The molecule has 0 saturated heterocycles. The van der Waals surface area contributed by atoms with Crippen LogP contribution in [-0.4, -0.2) is 25.9 Å². The number of benzene rings is 1. The first-order valence-electron chi connectivity index (χ1n) is 6.60. The number of hydrogen-bond acceptors (Lipinski definition) is 5. The van der Waals surface area contributed by atoms with E-state index in [2.05, 4.69) is 15.5 Å². The fourth-order valence-electron chi connectivity index (χ4n) is 1.69. The van der Waals surface area contributed by atoms with E-state index >= 15 is 0 Å². The first-order chi connectivity index (χ1) is 10.5. The molecule has 0 unspecified atom stereocenters. The van der Waals surface area contributed by atoms with Gasteiger partial charge in [-0.3, -0.25) is 4.79 Å². The number of halogens is 1. The molecule has 0 aliphatic carbocycles. The van der Waals surface area contributed by atoms with Crippen LogP contribution in [0, 0.1) is 11.3 Å². The molecule has 6 nitrogen and oxygen atoms in total. The van der Waals surface area contributed by atoms with Crippen LogP contribution < -0.4 is 5.32 Å². The zero-order valence-electron chi connectivity index (χ0n) is 12.1. The molecular formula is C14H14ClN5OS. The highest BCUT2D eigenvalue weighted by atomic mass is 35.5. The second kappa shape index (κ2) is 7.29. The van der Waals surface area contributed by atoms with Gasteiger partial charge in [0.05, 0.1) is 15.8 Å². The molecule has 0 radical (unpaired) electrons. The average molecular weight is 336 g/mol. The summed E-state index contributed by atoms with van der Waals surface area (Å²) in [5, 5.41) is 20.1. The van der Waals surface area contributed by atoms with Gasteiger partial charge >= 0.3 is 0 Å². The third kappa shape index (κ3) is 3.78. The monoisotopic (exact) mass is 335 g/mol. The third-order valence-corrected chi connectivity index (χ3v) is 4.34. The Balaban J connectivity index is 2.02. The highest BCUT2D eigenvalue weighted by molar-refractivity contribution is 8.00. The van der Waals surface area contributed by atoms with Crippen LogP contribution in [-0.2, 0) is 11.3 Å². The molecule has 1 aromatic carbocycles. The van der Waals surface area contributed by atoms with Crippen molar-refractivity contribution >= 4 is 35.0 Å². The lowest BCUT2D eigenvalue weighted by molar-refractivity contribution is -0.115. The first kappa shape index (κ1) is 16.3. The summed E-state index contributed by atoms with van der Waals surface area (Å²) >= 11 is 7.28. The van der Waals surface area contributed by atoms with Crippen LogP contribution >= 0.6 is 23.4 Å². The Morgan fingerprint density at radius 1 is 1.59 bits per heavy atom. The minimum atomic E-state index is -0.344. The molecule has 1 amide bonds. The SMILES string of the molecule is CCn1cnnc1S[C@H](C)C(=O)Nc1ccc(C#N)c(Cl)c1. The fraction of sp³-hybridized carbons (Fsp3) is 0.286. The van der Waals surface area contributed by atoms with E-state index in [-0.39, 0.29) is 11.2 Å². The molecule has 0 spiro atoms. The molecule has 2 aromatic rings. The Morgan fingerprint density at radius 3 is 3.00 bits per heavy atom. The van der Waals surface area contributed by atoms with E-state index in [1.54, 1.807) is 31.5 Å². The summed E-state index contributed by atoms with van der Waals surface area (Å²) in [5.41, 5.74) is 0.927. The van der Waals surface area contributed by atoms with Crippen molar-refractivity contribution < 1.29 is 4.79 Å². The van der Waals surface area contributed by atoms with Crippen molar-refractivity contribution in [1.29, 1.82) is 5.26 Å². The van der Waals surface area contributed by atoms with Gasteiger partial charge in [-0.25, -0.2) is 0 Å². The maximum Gasteiger partial charge on any atom is 0.237 e. The van der Waals surface area contributed by atoms with Gasteiger partial charge in [-0.2, -0.15) is 5.26 Å². The zero-order chi connectivity index (χ0) is 16.1. The summed E-state index contributed by atoms with van der Waals surface area (Å²) in [5.74, 6) is -0.170. The van der Waals surface area contributed by atoms with Crippen LogP contribution in [0.25, 0.3) is 0 Å². The maximum atomic E-state index is 12.2. The van der Waals surface area contributed by atoms with Gasteiger partial charge in [-0.05, 0) is 32.0 Å². The topological polar surface area (TPSA) is 83.6 Å². The fourth-order valence-corrected chi connectivity index (χ4v) is 2.80. The highest BCUT2D eigenvalue weighted by Gasteiger charge is 2.18. The zero-order valence-corrected chi connectivity index (χ0v) is 13.6. The van der Waals surface area contributed by atoms with Gasteiger partial charge in [-0.1, -0.05) is 23.4 Å². The van der Waals surface area contributed by atoms with Gasteiger partial charge in [0.25, 0.3) is 0 Å². The largest absolute Gasteiger partial charge is 0.325 e. The molecule has 0 aliphatic heterocycles. The number of thioether (sulfide) groups is 1. The molecule has 0 saturated carbocycles. The quantitative estimate of drug-likeness (QED) is 0.849. The number of anilines is 1. The lowest BCUT2D eigenvalue weighted by atomic mass is 10.2. The first-order valence-corrected chi connectivity index (χ1v) is 7.86. The summed E-state index contributed by atoms with van der Waals surface area (Å²) in [6.45, 7) is 4.52. The van der Waals surface area contributed by atoms with Crippen LogP contribution in [0.3, 0.4) is 0 Å². The van der Waals surface area contributed by atoms with Crippen molar-refractivity contribution in [3.8, 4) is 6.07 Å². The van der Waals surface area contributed by atoms with Crippen molar-refractivity contribution in [2.24, 2.45) is 0 Å². The second-order valence-corrected chi connectivity index (χ2v) is 6.17. The number of nitrogens with zero attached hydrogens (tertiary/aromatic N) is 4. The third-order valence-electron chi connectivity index (χ3n) is 2.93. The van der Waals surface area contributed by atoms with E-state index in [0.29, 0.717) is 21.4 Å². The number of aryl methyl sites for hydroxylation is 1. The van der Waals surface area contributed by atoms with Crippen LogP contribution in [0.2, 0.25) is 5.02 Å². The predicted molar refractivity (Wildman–Crippen MR) is 85.8 cm³/mol. The van der Waals surface area contributed by atoms with Crippen LogP contribution in [0.15, 0.2) is 29.7 Å². The second-order valence-electron chi connectivity index (χ2n) is 4.46. The molecule has 1 N–H and O–H groups in total. The Hall–Kier alpha value is -2.04. The number of amides is 1. The van der Waals surface area contributed by atoms with Gasteiger partial charge in [0.1, 0.15) is 12.4 Å². The molecule has 2 rings (SSSR count). The van der Waals surface area contributed by atoms with Crippen LogP contribution in [0.4, 0.5) is 5.69 Å². The molecule has 1 aromatic heterocycles. The number of aromatic nitrogens is 3. The summed E-state index contributed by atoms with van der Waals surface area (Å²) in [6.07, 6.45) is 1.63. The van der Waals surface area contributed by atoms with Gasteiger partial charge in [0.15, 0.2) is 5.16 Å². The summed E-state index contributed by atoms with van der Waals surface area (Å²) in [7, 11) is 0. The summed E-state index contributed by atoms with van der Waals surface area (Å²) in [6, 6.07) is 6.75. The standard InChI is InChI=1S/C14H14ClN5OS/c1-3-20-8-17-19-14(20)22-9(2)13(21)18-11-5-4-10(7-16)12(15)6-11/h4-6,8-9H,3H2,1-2H3,(H,18,21)/t9-/m1/s1. The van der Waals surface area contributed by atoms with Gasteiger partial charge in [-0.15, -0.1) is 10.2 Å². The molecule has 0 bridgehead atoms. The number of nitriles is 1. The molecule has 1 heterocycles. The summed E-state index contributed by atoms with van der Waals surface area (Å²) in [4.78, 5) is 12.2. The van der Waals surface area contributed by atoms with Crippen molar-refractivity contribution in [2.75, 3.05) is 5.32 Å². The van der Waals surface area contributed by atoms with E-state index in [1.807, 2.05) is 17.6 Å². The van der Waals surface area contributed by atoms with Gasteiger partial charge < -0.3 is 9.88 Å². The van der Waals surface area contributed by atoms with E-state index in [1.165, 1.54) is 11.8 Å². The molecule has 0 fully saturated rings. The average Bonchev–Trinajstić information content (AvgIpc) is 2.94. The Bertz CT molecular complexity index is 724.